The quantitative estimate of drug-likeness (QED) is 0.506. The highest BCUT2D eigenvalue weighted by Gasteiger charge is 2.62. The minimum absolute atomic E-state index is 0.00159. The van der Waals surface area contributed by atoms with Crippen molar-refractivity contribution in [2.24, 2.45) is 5.73 Å². The van der Waals surface area contributed by atoms with Crippen molar-refractivity contribution in [2.75, 3.05) is 24.7 Å². The number of carbonyl (C=O) groups is 3. The predicted molar refractivity (Wildman–Crippen MR) is 113 cm³/mol. The van der Waals surface area contributed by atoms with Crippen molar-refractivity contribution in [3.05, 3.63) is 65.3 Å². The highest BCUT2D eigenvalue weighted by Crippen LogP contribution is 2.54. The average Bonchev–Trinajstić information content (AvgIpc) is 2.98. The van der Waals surface area contributed by atoms with Gasteiger partial charge in [-0.1, -0.05) is 24.3 Å². The standard InChI is InChI=1S/C23H23N3O6/c1-4-11-26-16-10-8-7-9-14(16)23(22(26)29)15(13-24)20(25)32-17(12-18(27)30-5-2)19(23)21(28)31-6-3/h4,7-10H,1,5-6,11-12,25H2,2-3H3/t23-/m1/s1. The first-order valence-electron chi connectivity index (χ1n) is 10.0. The van der Waals surface area contributed by atoms with E-state index < -0.39 is 29.7 Å². The van der Waals surface area contributed by atoms with Gasteiger partial charge in [0, 0.05) is 17.8 Å². The molecule has 0 saturated carbocycles. The third-order valence-corrected chi connectivity index (χ3v) is 5.19. The van der Waals surface area contributed by atoms with Gasteiger partial charge < -0.3 is 24.8 Å². The van der Waals surface area contributed by atoms with Crippen LogP contribution in [0.3, 0.4) is 0 Å². The van der Waals surface area contributed by atoms with Gasteiger partial charge in [0.25, 0.3) is 0 Å². The molecule has 1 spiro atoms. The summed E-state index contributed by atoms with van der Waals surface area (Å²) in [6.07, 6.45) is 1.06. The van der Waals surface area contributed by atoms with Gasteiger partial charge in [0.2, 0.25) is 11.8 Å². The van der Waals surface area contributed by atoms with Gasteiger partial charge in [-0.25, -0.2) is 4.79 Å². The Morgan fingerprint density at radius 3 is 2.59 bits per heavy atom. The van der Waals surface area contributed by atoms with E-state index in [9.17, 15) is 19.6 Å². The van der Waals surface area contributed by atoms with E-state index in [-0.39, 0.29) is 42.5 Å². The smallest absolute Gasteiger partial charge is 0.339 e. The van der Waals surface area contributed by atoms with Gasteiger partial charge in [0.05, 0.1) is 13.2 Å². The molecule has 0 fully saturated rings. The Hall–Kier alpha value is -4.06. The largest absolute Gasteiger partial charge is 0.466 e. The van der Waals surface area contributed by atoms with Crippen molar-refractivity contribution in [3.63, 3.8) is 0 Å². The summed E-state index contributed by atoms with van der Waals surface area (Å²) in [6.45, 7) is 7.16. The van der Waals surface area contributed by atoms with E-state index in [1.807, 2.05) is 6.07 Å². The van der Waals surface area contributed by atoms with E-state index >= 15 is 0 Å². The number of anilines is 1. The van der Waals surface area contributed by atoms with Gasteiger partial charge in [-0.2, -0.15) is 5.26 Å². The number of nitrogens with two attached hydrogens (primary N) is 1. The molecule has 0 bridgehead atoms. The number of ether oxygens (including phenoxy) is 3. The molecule has 1 amide bonds. The Bertz CT molecular complexity index is 1100. The van der Waals surface area contributed by atoms with Crippen LogP contribution in [0.15, 0.2) is 59.7 Å². The molecule has 9 heteroatoms. The lowest BCUT2D eigenvalue weighted by atomic mass is 9.68. The average molecular weight is 437 g/mol. The first-order chi connectivity index (χ1) is 15.4. The van der Waals surface area contributed by atoms with Crippen molar-refractivity contribution >= 4 is 23.5 Å². The van der Waals surface area contributed by atoms with Crippen LogP contribution in [0, 0.1) is 11.3 Å². The van der Waals surface area contributed by atoms with Gasteiger partial charge in [0.15, 0.2) is 5.41 Å². The van der Waals surface area contributed by atoms with Crippen LogP contribution in [0.5, 0.6) is 0 Å². The summed E-state index contributed by atoms with van der Waals surface area (Å²) in [5.74, 6) is -2.73. The number of rotatable bonds is 7. The SMILES string of the molecule is C=CCN1C(=O)[C@@]2(C(C#N)=C(N)OC(CC(=O)OCC)=C2C(=O)OCC)c2ccccc21. The summed E-state index contributed by atoms with van der Waals surface area (Å²) < 4.78 is 15.8. The van der Waals surface area contributed by atoms with Crippen LogP contribution in [0.2, 0.25) is 0 Å². The van der Waals surface area contributed by atoms with E-state index in [4.69, 9.17) is 19.9 Å². The number of hydrogen-bond acceptors (Lipinski definition) is 8. The van der Waals surface area contributed by atoms with Gasteiger partial charge in [-0.15, -0.1) is 6.58 Å². The summed E-state index contributed by atoms with van der Waals surface area (Å²) in [7, 11) is 0. The molecule has 0 aromatic heterocycles. The third-order valence-electron chi connectivity index (χ3n) is 5.19. The van der Waals surface area contributed by atoms with Crippen LogP contribution in [0.4, 0.5) is 5.69 Å². The molecule has 0 saturated heterocycles. The molecule has 0 radical (unpaired) electrons. The number of fused-ring (bicyclic) bond motifs is 2. The molecule has 1 atom stereocenters. The molecule has 32 heavy (non-hydrogen) atoms. The van der Waals surface area contributed by atoms with Crippen LogP contribution >= 0.6 is 0 Å². The zero-order chi connectivity index (χ0) is 23.5. The van der Waals surface area contributed by atoms with Gasteiger partial charge >= 0.3 is 11.9 Å². The Morgan fingerprint density at radius 2 is 1.97 bits per heavy atom. The van der Waals surface area contributed by atoms with E-state index in [1.165, 1.54) is 11.0 Å². The Morgan fingerprint density at radius 1 is 1.28 bits per heavy atom. The van der Waals surface area contributed by atoms with Crippen LogP contribution in [0.25, 0.3) is 0 Å². The first-order valence-corrected chi connectivity index (χ1v) is 10.0. The van der Waals surface area contributed by atoms with E-state index in [0.717, 1.165) is 0 Å². The number of nitrogens with zero attached hydrogens (tertiary/aromatic N) is 2. The number of benzene rings is 1. The second-order valence-electron chi connectivity index (χ2n) is 6.93. The fourth-order valence-electron chi connectivity index (χ4n) is 4.08. The van der Waals surface area contributed by atoms with Crippen molar-refractivity contribution in [1.29, 1.82) is 5.26 Å². The highest BCUT2D eigenvalue weighted by molar-refractivity contribution is 6.18. The van der Waals surface area contributed by atoms with Gasteiger partial charge in [-0.05, 0) is 19.9 Å². The summed E-state index contributed by atoms with van der Waals surface area (Å²) >= 11 is 0. The Kier molecular flexibility index (Phi) is 6.35. The minimum atomic E-state index is -1.93. The molecule has 0 aliphatic carbocycles. The van der Waals surface area contributed by atoms with Gasteiger partial charge in [-0.3, -0.25) is 9.59 Å². The number of nitriles is 1. The predicted octanol–water partition coefficient (Wildman–Crippen LogP) is 1.95. The second-order valence-corrected chi connectivity index (χ2v) is 6.93. The topological polar surface area (TPSA) is 132 Å². The molecule has 2 heterocycles. The summed E-state index contributed by atoms with van der Waals surface area (Å²) in [6, 6.07) is 8.68. The lowest BCUT2D eigenvalue weighted by Gasteiger charge is -2.35. The Balaban J connectivity index is 2.40. The number of amides is 1. The molecule has 2 aliphatic rings. The van der Waals surface area contributed by atoms with Gasteiger partial charge in [0.1, 0.15) is 29.4 Å². The molecule has 2 N–H and O–H groups in total. The Labute approximate surface area is 185 Å². The highest BCUT2D eigenvalue weighted by atomic mass is 16.5. The van der Waals surface area contributed by atoms with Crippen LogP contribution in [0.1, 0.15) is 25.8 Å². The zero-order valence-electron chi connectivity index (χ0n) is 17.8. The van der Waals surface area contributed by atoms with Crippen LogP contribution < -0.4 is 10.6 Å². The number of esters is 2. The normalized spacial score (nSPS) is 19.4. The fourth-order valence-corrected chi connectivity index (χ4v) is 4.08. The summed E-state index contributed by atoms with van der Waals surface area (Å²) in [4.78, 5) is 40.8. The number of hydrogen-bond donors (Lipinski definition) is 1. The molecule has 1 aromatic carbocycles. The molecule has 2 aliphatic heterocycles. The maximum Gasteiger partial charge on any atom is 0.339 e. The van der Waals surface area contributed by atoms with Crippen molar-refractivity contribution < 1.29 is 28.6 Å². The molecular formula is C23H23N3O6. The maximum atomic E-state index is 13.9. The number of para-hydroxylation sites is 1. The minimum Gasteiger partial charge on any atom is -0.466 e. The molecule has 9 nitrogen and oxygen atoms in total. The first kappa shape index (κ1) is 22.6. The molecular weight excluding hydrogens is 414 g/mol. The van der Waals surface area contributed by atoms with E-state index in [1.54, 1.807) is 38.1 Å². The van der Waals surface area contributed by atoms with Crippen molar-refractivity contribution in [2.45, 2.75) is 25.7 Å². The third kappa shape index (κ3) is 3.30. The van der Waals surface area contributed by atoms with Crippen molar-refractivity contribution in [1.82, 2.24) is 0 Å². The monoisotopic (exact) mass is 437 g/mol. The maximum absolute atomic E-state index is 13.9. The molecule has 1 aromatic rings. The summed E-state index contributed by atoms with van der Waals surface area (Å²) in [5.41, 5.74) is 4.47. The molecule has 166 valence electrons. The van der Waals surface area contributed by atoms with E-state index in [0.29, 0.717) is 11.3 Å². The van der Waals surface area contributed by atoms with Crippen molar-refractivity contribution in [3.8, 4) is 6.07 Å². The lowest BCUT2D eigenvalue weighted by Crippen LogP contribution is -2.49. The lowest BCUT2D eigenvalue weighted by molar-refractivity contribution is -0.143. The van der Waals surface area contributed by atoms with E-state index in [2.05, 4.69) is 6.58 Å². The summed E-state index contributed by atoms with van der Waals surface area (Å²) in [5, 5.41) is 10.0. The van der Waals surface area contributed by atoms with Crippen LogP contribution in [-0.2, 0) is 34.0 Å². The second kappa shape index (κ2) is 8.98. The fraction of sp³-hybridized carbons (Fsp3) is 0.304. The number of carbonyl (C=O) groups excluding carboxylic acids is 3. The molecule has 3 rings (SSSR count). The molecule has 0 unspecified atom stereocenters. The van der Waals surface area contributed by atoms with Crippen LogP contribution in [-0.4, -0.2) is 37.6 Å². The zero-order valence-corrected chi connectivity index (χ0v) is 17.8.